The summed E-state index contributed by atoms with van der Waals surface area (Å²) in [7, 11) is 0. The fourth-order valence-corrected chi connectivity index (χ4v) is 6.55. The monoisotopic (exact) mass is 374 g/mol. The van der Waals surface area contributed by atoms with Gasteiger partial charge in [-0.15, -0.1) is 0 Å². The number of hydrogen-bond donors (Lipinski definition) is 2. The molecule has 0 aliphatic heterocycles. The molecule has 0 spiro atoms. The van der Waals surface area contributed by atoms with Crippen molar-refractivity contribution in [3.05, 3.63) is 23.3 Å². The first-order chi connectivity index (χ1) is 12.9. The van der Waals surface area contributed by atoms with E-state index in [1.54, 1.807) is 5.57 Å². The van der Waals surface area contributed by atoms with Crippen molar-refractivity contribution in [1.82, 2.24) is 0 Å². The van der Waals surface area contributed by atoms with Crippen LogP contribution in [0.25, 0.3) is 0 Å². The highest BCUT2D eigenvalue weighted by molar-refractivity contribution is 5.26. The largest absolute Gasteiger partial charge is 0.392 e. The van der Waals surface area contributed by atoms with Crippen molar-refractivity contribution in [1.29, 1.82) is 0 Å². The lowest BCUT2D eigenvalue weighted by Gasteiger charge is -2.44. The van der Waals surface area contributed by atoms with Gasteiger partial charge in [0.15, 0.2) is 0 Å². The average Bonchev–Trinajstić information content (AvgIpc) is 2.99. The normalized spacial score (nSPS) is 42.2. The fourth-order valence-electron chi connectivity index (χ4n) is 6.55. The van der Waals surface area contributed by atoms with Gasteiger partial charge in [-0.3, -0.25) is 0 Å². The first-order valence-corrected chi connectivity index (χ1v) is 11.6. The van der Waals surface area contributed by atoms with Crippen molar-refractivity contribution >= 4 is 0 Å². The molecule has 2 heteroatoms. The number of hydrogen-bond acceptors (Lipinski definition) is 2. The molecule has 2 nitrogen and oxygen atoms in total. The number of aliphatic hydroxyl groups excluding tert-OH is 2. The van der Waals surface area contributed by atoms with Crippen molar-refractivity contribution < 1.29 is 10.2 Å². The van der Waals surface area contributed by atoms with Gasteiger partial charge in [-0.25, -0.2) is 0 Å². The van der Waals surface area contributed by atoms with Gasteiger partial charge in [-0.2, -0.15) is 0 Å². The molecule has 2 N–H and O–H groups in total. The van der Waals surface area contributed by atoms with Gasteiger partial charge < -0.3 is 10.2 Å². The van der Waals surface area contributed by atoms with Crippen LogP contribution in [0.4, 0.5) is 0 Å². The van der Waals surface area contributed by atoms with Crippen molar-refractivity contribution in [3.8, 4) is 0 Å². The maximum Gasteiger partial charge on any atom is 0.0627 e. The van der Waals surface area contributed by atoms with Crippen molar-refractivity contribution in [3.63, 3.8) is 0 Å². The molecule has 0 radical (unpaired) electrons. The van der Waals surface area contributed by atoms with Gasteiger partial charge in [-0.1, -0.05) is 70.3 Å². The molecular weight excluding hydrogens is 332 g/mol. The van der Waals surface area contributed by atoms with E-state index in [9.17, 15) is 10.2 Å². The molecule has 3 fully saturated rings. The Kier molecular flexibility index (Phi) is 6.90. The van der Waals surface area contributed by atoms with Crippen LogP contribution in [-0.2, 0) is 0 Å². The van der Waals surface area contributed by atoms with E-state index in [1.807, 2.05) is 6.92 Å². The zero-order valence-electron chi connectivity index (χ0n) is 18.1. The first-order valence-electron chi connectivity index (χ1n) is 11.6. The lowest BCUT2D eigenvalue weighted by Crippen LogP contribution is -2.36. The summed E-state index contributed by atoms with van der Waals surface area (Å²) >= 11 is 0. The molecule has 0 aromatic rings. The summed E-state index contributed by atoms with van der Waals surface area (Å²) in [6.07, 6.45) is 16.0. The van der Waals surface area contributed by atoms with Crippen LogP contribution in [-0.4, -0.2) is 22.4 Å². The van der Waals surface area contributed by atoms with Crippen LogP contribution in [0.1, 0.15) is 91.9 Å². The van der Waals surface area contributed by atoms with E-state index in [-0.39, 0.29) is 5.92 Å². The molecule has 0 bridgehead atoms. The van der Waals surface area contributed by atoms with Crippen LogP contribution >= 0.6 is 0 Å². The van der Waals surface area contributed by atoms with Crippen LogP contribution in [0.5, 0.6) is 0 Å². The first kappa shape index (κ1) is 21.1. The average molecular weight is 375 g/mol. The minimum absolute atomic E-state index is 0.00651. The van der Waals surface area contributed by atoms with E-state index in [1.165, 1.54) is 56.9 Å². The highest BCUT2D eigenvalue weighted by Gasteiger charge is 2.50. The van der Waals surface area contributed by atoms with E-state index in [4.69, 9.17) is 0 Å². The van der Waals surface area contributed by atoms with E-state index in [2.05, 4.69) is 32.9 Å². The van der Waals surface area contributed by atoms with Crippen LogP contribution < -0.4 is 0 Å². The number of rotatable bonds is 5. The number of unbranched alkanes of at least 4 members (excludes halogenated alkanes) is 1. The van der Waals surface area contributed by atoms with Gasteiger partial charge in [0.25, 0.3) is 0 Å². The Morgan fingerprint density at radius 1 is 1.15 bits per heavy atom. The molecule has 3 rings (SSSR count). The van der Waals surface area contributed by atoms with Gasteiger partial charge in [0.05, 0.1) is 12.2 Å². The summed E-state index contributed by atoms with van der Waals surface area (Å²) in [5.41, 5.74) is 3.35. The predicted molar refractivity (Wildman–Crippen MR) is 113 cm³/mol. The zero-order valence-corrected chi connectivity index (χ0v) is 18.1. The Morgan fingerprint density at radius 2 is 1.85 bits per heavy atom. The number of allylic oxidation sites excluding steroid dienone is 3. The number of fused-ring (bicyclic) bond motifs is 1. The summed E-state index contributed by atoms with van der Waals surface area (Å²) in [4.78, 5) is 0. The summed E-state index contributed by atoms with van der Waals surface area (Å²) in [5.74, 6) is 2.47. The van der Waals surface area contributed by atoms with Crippen LogP contribution in [0.3, 0.4) is 0 Å². The van der Waals surface area contributed by atoms with Gasteiger partial charge >= 0.3 is 0 Å². The molecule has 27 heavy (non-hydrogen) atoms. The molecule has 0 aromatic heterocycles. The van der Waals surface area contributed by atoms with Crippen molar-refractivity contribution in [2.24, 2.45) is 29.1 Å². The Balaban J connectivity index is 1.73. The summed E-state index contributed by atoms with van der Waals surface area (Å²) in [5, 5.41) is 20.4. The van der Waals surface area contributed by atoms with Gasteiger partial charge in [0.2, 0.25) is 0 Å². The molecule has 0 saturated heterocycles. The lowest BCUT2D eigenvalue weighted by atomic mass is 9.60. The molecule has 3 aliphatic carbocycles. The van der Waals surface area contributed by atoms with Crippen LogP contribution in [0.2, 0.25) is 0 Å². The summed E-state index contributed by atoms with van der Waals surface area (Å²) in [6.45, 7) is 9.34. The minimum Gasteiger partial charge on any atom is -0.392 e. The third-order valence-electron chi connectivity index (χ3n) is 8.43. The third kappa shape index (κ3) is 4.37. The second-order valence-corrected chi connectivity index (χ2v) is 10.2. The molecule has 0 unspecified atom stereocenters. The Morgan fingerprint density at radius 3 is 2.52 bits per heavy atom. The Hall–Kier alpha value is -0.600. The quantitative estimate of drug-likeness (QED) is 0.616. The highest BCUT2D eigenvalue weighted by Crippen LogP contribution is 2.59. The smallest absolute Gasteiger partial charge is 0.0627 e. The number of aliphatic hydroxyl groups is 2. The predicted octanol–water partition coefficient (Wildman–Crippen LogP) is 6.03. The summed E-state index contributed by atoms with van der Waals surface area (Å²) < 4.78 is 0. The molecule has 3 saturated carbocycles. The van der Waals surface area contributed by atoms with E-state index >= 15 is 0 Å². The van der Waals surface area contributed by atoms with E-state index < -0.39 is 12.2 Å². The third-order valence-corrected chi connectivity index (χ3v) is 8.43. The molecule has 6 atom stereocenters. The molecule has 0 aromatic carbocycles. The lowest BCUT2D eigenvalue weighted by molar-refractivity contribution is 0.00407. The topological polar surface area (TPSA) is 40.5 Å². The Labute approximate surface area is 167 Å². The van der Waals surface area contributed by atoms with E-state index in [0.717, 1.165) is 30.6 Å². The molecule has 0 heterocycles. The standard InChI is InChI=1S/C25H42O2/c1-5-6-8-17(2)21-12-13-22-20(9-7-14-25(21,22)4)11-10-19-15-23(26)18(3)24(27)16-19/h10-11,17-18,21-24,26-27H,5-9,12-16H2,1-4H3/t17-,18?,21-,22+,23-,24-,25-/m1/s1. The fraction of sp³-hybridized carbons (Fsp3) is 0.840. The molecular formula is C25H42O2. The maximum absolute atomic E-state index is 10.2. The second kappa shape index (κ2) is 8.82. The zero-order chi connectivity index (χ0) is 19.6. The summed E-state index contributed by atoms with van der Waals surface area (Å²) in [6, 6.07) is 0. The van der Waals surface area contributed by atoms with Crippen molar-refractivity contribution in [2.75, 3.05) is 0 Å². The van der Waals surface area contributed by atoms with Crippen LogP contribution in [0, 0.1) is 29.1 Å². The minimum atomic E-state index is -0.398. The van der Waals surface area contributed by atoms with Gasteiger partial charge in [0, 0.05) is 5.92 Å². The highest BCUT2D eigenvalue weighted by atomic mass is 16.3. The van der Waals surface area contributed by atoms with Crippen molar-refractivity contribution in [2.45, 2.75) is 104 Å². The molecule has 3 aliphatic rings. The molecule has 0 amide bonds. The van der Waals surface area contributed by atoms with Gasteiger partial charge in [0.1, 0.15) is 0 Å². The second-order valence-electron chi connectivity index (χ2n) is 10.2. The molecule has 154 valence electrons. The van der Waals surface area contributed by atoms with E-state index in [0.29, 0.717) is 5.41 Å². The van der Waals surface area contributed by atoms with Gasteiger partial charge in [-0.05, 0) is 68.1 Å². The SMILES string of the molecule is CCCC[C@@H](C)[C@H]1CC[C@H]2C(=CC=C3C[C@@H](O)C(C)[C@H](O)C3)CCC[C@]12C. The maximum atomic E-state index is 10.2. The Bertz CT molecular complexity index is 549. The van der Waals surface area contributed by atoms with Crippen LogP contribution in [0.15, 0.2) is 23.3 Å².